The number of benzene rings is 1. The first kappa shape index (κ1) is 11.1. The Morgan fingerprint density at radius 3 is 2.83 bits per heavy atom. The molecule has 1 amide bonds. The van der Waals surface area contributed by atoms with Crippen LogP contribution in [0.2, 0.25) is 0 Å². The fraction of sp³-hybridized carbons (Fsp3) is 0.154. The van der Waals surface area contributed by atoms with Crippen LogP contribution in [0.25, 0.3) is 0 Å². The van der Waals surface area contributed by atoms with Crippen LogP contribution < -0.4 is 0 Å². The van der Waals surface area contributed by atoms with Crippen LogP contribution in [0.15, 0.2) is 40.4 Å². The van der Waals surface area contributed by atoms with E-state index in [0.717, 1.165) is 17.2 Å². The Labute approximate surface area is 109 Å². The zero-order valence-electron chi connectivity index (χ0n) is 9.46. The number of nitriles is 1. The standard InChI is InChI=1S/C13H9N3OS/c14-6-10-3-1-9(2-4-10)5-11-7-16-8-12(17)15-13(16)18-11/h1-4,7H,5,8H2. The van der Waals surface area contributed by atoms with E-state index < -0.39 is 0 Å². The van der Waals surface area contributed by atoms with Crippen molar-refractivity contribution in [2.24, 2.45) is 4.99 Å². The Morgan fingerprint density at radius 1 is 1.39 bits per heavy atom. The second-order valence-corrected chi connectivity index (χ2v) is 5.19. The van der Waals surface area contributed by atoms with E-state index in [1.165, 1.54) is 4.91 Å². The van der Waals surface area contributed by atoms with Gasteiger partial charge in [0.1, 0.15) is 6.54 Å². The number of rotatable bonds is 2. The topological polar surface area (TPSA) is 56.5 Å². The van der Waals surface area contributed by atoms with Crippen LogP contribution in [0.1, 0.15) is 11.1 Å². The summed E-state index contributed by atoms with van der Waals surface area (Å²) in [7, 11) is 0. The molecule has 0 saturated heterocycles. The summed E-state index contributed by atoms with van der Waals surface area (Å²) in [5.41, 5.74) is 1.82. The highest BCUT2D eigenvalue weighted by Gasteiger charge is 2.28. The Morgan fingerprint density at radius 2 is 2.17 bits per heavy atom. The number of amidine groups is 1. The summed E-state index contributed by atoms with van der Waals surface area (Å²) in [5, 5.41) is 9.51. The van der Waals surface area contributed by atoms with Crippen LogP contribution in [0.3, 0.4) is 0 Å². The van der Waals surface area contributed by atoms with Gasteiger partial charge in [-0.25, -0.2) is 0 Å². The van der Waals surface area contributed by atoms with Gasteiger partial charge in [-0.2, -0.15) is 10.3 Å². The van der Waals surface area contributed by atoms with Crippen molar-refractivity contribution in [3.8, 4) is 6.07 Å². The van der Waals surface area contributed by atoms with Crippen LogP contribution in [-0.4, -0.2) is 22.5 Å². The number of thioether (sulfide) groups is 1. The van der Waals surface area contributed by atoms with Gasteiger partial charge >= 0.3 is 0 Å². The number of hydrogen-bond donors (Lipinski definition) is 0. The van der Waals surface area contributed by atoms with E-state index in [1.54, 1.807) is 11.8 Å². The maximum absolute atomic E-state index is 11.1. The molecule has 0 bridgehead atoms. The summed E-state index contributed by atoms with van der Waals surface area (Å²) in [5.74, 6) is -0.0776. The average molecular weight is 255 g/mol. The first-order chi connectivity index (χ1) is 8.74. The van der Waals surface area contributed by atoms with Gasteiger partial charge in [0, 0.05) is 17.5 Å². The molecule has 0 radical (unpaired) electrons. The zero-order valence-corrected chi connectivity index (χ0v) is 10.3. The molecule has 0 aliphatic carbocycles. The van der Waals surface area contributed by atoms with Crippen molar-refractivity contribution >= 4 is 22.8 Å². The summed E-state index contributed by atoms with van der Waals surface area (Å²) in [6, 6.07) is 9.64. The van der Waals surface area contributed by atoms with Gasteiger partial charge in [-0.15, -0.1) is 0 Å². The number of allylic oxidation sites excluding steroid dienone is 1. The lowest BCUT2D eigenvalue weighted by Gasteiger charge is -2.02. The maximum atomic E-state index is 11.1. The summed E-state index contributed by atoms with van der Waals surface area (Å²) in [4.78, 5) is 18.1. The van der Waals surface area contributed by atoms with E-state index in [-0.39, 0.29) is 5.91 Å². The van der Waals surface area contributed by atoms with Gasteiger partial charge in [0.2, 0.25) is 0 Å². The van der Waals surface area contributed by atoms with Crippen molar-refractivity contribution < 1.29 is 4.79 Å². The van der Waals surface area contributed by atoms with Gasteiger partial charge in [0.25, 0.3) is 5.91 Å². The SMILES string of the molecule is N#Cc1ccc(CC2=CN3CC(=O)N=C3S2)cc1. The van der Waals surface area contributed by atoms with Gasteiger partial charge in [-0.05, 0) is 17.7 Å². The lowest BCUT2D eigenvalue weighted by atomic mass is 10.1. The number of hydrogen-bond acceptors (Lipinski definition) is 4. The van der Waals surface area contributed by atoms with Crippen LogP contribution in [0.5, 0.6) is 0 Å². The molecular weight excluding hydrogens is 246 g/mol. The second-order valence-electron chi connectivity index (χ2n) is 4.10. The Kier molecular flexibility index (Phi) is 2.65. The molecule has 0 saturated carbocycles. The zero-order chi connectivity index (χ0) is 12.5. The van der Waals surface area contributed by atoms with Gasteiger partial charge in [0.05, 0.1) is 11.6 Å². The lowest BCUT2D eigenvalue weighted by molar-refractivity contribution is -0.116. The largest absolute Gasteiger partial charge is 0.317 e. The van der Waals surface area contributed by atoms with Crippen molar-refractivity contribution in [3.63, 3.8) is 0 Å². The van der Waals surface area contributed by atoms with Crippen molar-refractivity contribution in [3.05, 3.63) is 46.5 Å². The third kappa shape index (κ3) is 2.03. The number of aliphatic imine (C=N–C) groups is 1. The van der Waals surface area contributed by atoms with Gasteiger partial charge in [-0.1, -0.05) is 23.9 Å². The molecule has 4 nitrogen and oxygen atoms in total. The highest BCUT2D eigenvalue weighted by molar-refractivity contribution is 8.17. The van der Waals surface area contributed by atoms with Crippen molar-refractivity contribution in [2.45, 2.75) is 6.42 Å². The first-order valence-corrected chi connectivity index (χ1v) is 6.32. The summed E-state index contributed by atoms with van der Waals surface area (Å²) in [6.45, 7) is 0.360. The molecule has 2 heterocycles. The van der Waals surface area contributed by atoms with E-state index in [0.29, 0.717) is 12.1 Å². The molecule has 2 aliphatic heterocycles. The number of nitrogens with zero attached hydrogens (tertiary/aromatic N) is 3. The van der Waals surface area contributed by atoms with Crippen molar-refractivity contribution in [2.75, 3.05) is 6.54 Å². The quantitative estimate of drug-likeness (QED) is 0.809. The Balaban J connectivity index is 1.72. The molecule has 88 valence electrons. The van der Waals surface area contributed by atoms with Crippen molar-refractivity contribution in [1.82, 2.24) is 4.90 Å². The van der Waals surface area contributed by atoms with Gasteiger partial charge in [-0.3, -0.25) is 4.79 Å². The molecule has 1 aromatic rings. The number of fused-ring (bicyclic) bond motifs is 1. The average Bonchev–Trinajstić information content (AvgIpc) is 2.86. The summed E-state index contributed by atoms with van der Waals surface area (Å²) < 4.78 is 0. The third-order valence-electron chi connectivity index (χ3n) is 2.76. The fourth-order valence-electron chi connectivity index (χ4n) is 1.90. The molecular formula is C13H9N3OS. The van der Waals surface area contributed by atoms with E-state index in [2.05, 4.69) is 11.1 Å². The first-order valence-electron chi connectivity index (χ1n) is 5.50. The minimum absolute atomic E-state index is 0.0776. The van der Waals surface area contributed by atoms with Crippen LogP contribution in [0, 0.1) is 11.3 Å². The number of carbonyl (C=O) groups excluding carboxylic acids is 1. The third-order valence-corrected chi connectivity index (χ3v) is 3.78. The Hall–Kier alpha value is -2.06. The smallest absolute Gasteiger partial charge is 0.268 e. The molecule has 1 aromatic carbocycles. The van der Waals surface area contributed by atoms with Crippen LogP contribution in [-0.2, 0) is 11.2 Å². The molecule has 5 heteroatoms. The molecule has 0 atom stereocenters. The molecule has 3 rings (SSSR count). The van der Waals surface area contributed by atoms with Crippen molar-refractivity contribution in [1.29, 1.82) is 5.26 Å². The highest BCUT2D eigenvalue weighted by Crippen LogP contribution is 2.33. The Bertz CT molecular complexity index is 610. The highest BCUT2D eigenvalue weighted by atomic mass is 32.2. The molecule has 0 fully saturated rings. The molecule has 2 aliphatic rings. The monoisotopic (exact) mass is 255 g/mol. The minimum Gasteiger partial charge on any atom is -0.317 e. The molecule has 18 heavy (non-hydrogen) atoms. The molecule has 0 unspecified atom stereocenters. The molecule has 0 spiro atoms. The lowest BCUT2D eigenvalue weighted by Crippen LogP contribution is -2.16. The normalized spacial score (nSPS) is 17.3. The number of amides is 1. The number of carbonyl (C=O) groups is 1. The summed E-state index contributed by atoms with van der Waals surface area (Å²) in [6.07, 6.45) is 2.78. The predicted octanol–water partition coefficient (Wildman–Crippen LogP) is 1.89. The predicted molar refractivity (Wildman–Crippen MR) is 69.7 cm³/mol. The van der Waals surface area contributed by atoms with E-state index in [4.69, 9.17) is 5.26 Å². The fourth-order valence-corrected chi connectivity index (χ4v) is 2.93. The van der Waals surface area contributed by atoms with Crippen LogP contribution >= 0.6 is 11.8 Å². The molecule has 0 N–H and O–H groups in total. The minimum atomic E-state index is -0.0776. The second kappa shape index (κ2) is 4.31. The van der Waals surface area contributed by atoms with Gasteiger partial charge in [0.15, 0.2) is 5.17 Å². The molecule has 0 aromatic heterocycles. The van der Waals surface area contributed by atoms with E-state index in [1.807, 2.05) is 35.4 Å². The van der Waals surface area contributed by atoms with Gasteiger partial charge < -0.3 is 4.90 Å². The maximum Gasteiger partial charge on any atom is 0.268 e. The van der Waals surface area contributed by atoms with E-state index in [9.17, 15) is 4.79 Å². The van der Waals surface area contributed by atoms with Crippen LogP contribution in [0.4, 0.5) is 0 Å². The summed E-state index contributed by atoms with van der Waals surface area (Å²) >= 11 is 1.54. The van der Waals surface area contributed by atoms with E-state index >= 15 is 0 Å².